The van der Waals surface area contributed by atoms with Crippen LogP contribution < -0.4 is 11.1 Å². The van der Waals surface area contributed by atoms with Gasteiger partial charge in [0.25, 0.3) is 0 Å². The largest absolute Gasteiger partial charge is 0.325 e. The highest BCUT2D eigenvalue weighted by Crippen LogP contribution is 2.20. The van der Waals surface area contributed by atoms with E-state index in [0.717, 1.165) is 5.52 Å². The molecular weight excluding hydrogens is 266 g/mol. The molecular formula is C12H18ClN5O. The van der Waals surface area contributed by atoms with Crippen molar-refractivity contribution < 1.29 is 4.79 Å². The van der Waals surface area contributed by atoms with Crippen molar-refractivity contribution in [3.63, 3.8) is 0 Å². The third-order valence-corrected chi connectivity index (χ3v) is 2.80. The Morgan fingerprint density at radius 2 is 1.95 bits per heavy atom. The average molecular weight is 284 g/mol. The number of nitrogens with one attached hydrogen (secondary N) is 2. The summed E-state index contributed by atoms with van der Waals surface area (Å²) in [7, 11) is 0. The van der Waals surface area contributed by atoms with Gasteiger partial charge in [0.2, 0.25) is 5.91 Å². The first-order valence-electron chi connectivity index (χ1n) is 5.75. The maximum absolute atomic E-state index is 12.0. The number of hydrogen-bond acceptors (Lipinski definition) is 4. The van der Waals surface area contributed by atoms with Crippen LogP contribution >= 0.6 is 12.4 Å². The van der Waals surface area contributed by atoms with Gasteiger partial charge in [-0.3, -0.25) is 4.79 Å². The van der Waals surface area contributed by atoms with E-state index in [-0.39, 0.29) is 23.7 Å². The van der Waals surface area contributed by atoms with Crippen LogP contribution in [0.2, 0.25) is 0 Å². The van der Waals surface area contributed by atoms with E-state index < -0.39 is 6.04 Å². The van der Waals surface area contributed by atoms with Gasteiger partial charge in [0, 0.05) is 5.69 Å². The van der Waals surface area contributed by atoms with Gasteiger partial charge in [0.1, 0.15) is 11.0 Å². The predicted molar refractivity (Wildman–Crippen MR) is 77.2 cm³/mol. The molecule has 4 N–H and O–H groups in total. The molecule has 2 aromatic rings. The summed E-state index contributed by atoms with van der Waals surface area (Å²) in [6.07, 6.45) is 0. The number of carbonyl (C=O) groups excluding carboxylic acids is 1. The molecule has 1 atom stereocenters. The molecule has 6 nitrogen and oxygen atoms in total. The van der Waals surface area contributed by atoms with Crippen molar-refractivity contribution in [2.45, 2.75) is 26.8 Å². The van der Waals surface area contributed by atoms with Crippen molar-refractivity contribution in [1.29, 1.82) is 0 Å². The van der Waals surface area contributed by atoms with E-state index in [4.69, 9.17) is 5.73 Å². The maximum atomic E-state index is 12.0. The van der Waals surface area contributed by atoms with E-state index in [1.165, 1.54) is 0 Å². The molecule has 0 spiro atoms. The fourth-order valence-electron chi connectivity index (χ4n) is 1.53. The van der Waals surface area contributed by atoms with Crippen molar-refractivity contribution >= 4 is 35.0 Å². The number of anilines is 1. The summed E-state index contributed by atoms with van der Waals surface area (Å²) in [5.74, 6) is -0.203. The Bertz CT molecular complexity index is 575. The van der Waals surface area contributed by atoms with Gasteiger partial charge in [-0.05, 0) is 23.6 Å². The lowest BCUT2D eigenvalue weighted by Gasteiger charge is -2.25. The smallest absolute Gasteiger partial charge is 0.241 e. The number of hydrogen-bond donors (Lipinski definition) is 3. The second-order valence-electron chi connectivity index (χ2n) is 5.36. The van der Waals surface area contributed by atoms with Gasteiger partial charge in [0.05, 0.1) is 6.04 Å². The molecule has 1 amide bonds. The topological polar surface area (TPSA) is 96.7 Å². The second-order valence-corrected chi connectivity index (χ2v) is 5.36. The molecule has 0 saturated heterocycles. The number of nitrogens with zero attached hydrogens (tertiary/aromatic N) is 2. The minimum atomic E-state index is -0.564. The third-order valence-electron chi connectivity index (χ3n) is 2.80. The van der Waals surface area contributed by atoms with Crippen LogP contribution in [0.1, 0.15) is 20.8 Å². The Balaban J connectivity index is 0.00000180. The zero-order chi connectivity index (χ0) is 13.3. The van der Waals surface area contributed by atoms with E-state index in [0.29, 0.717) is 11.2 Å². The normalized spacial score (nSPS) is 12.8. The summed E-state index contributed by atoms with van der Waals surface area (Å²) in [6.45, 7) is 5.79. The van der Waals surface area contributed by atoms with Crippen molar-refractivity contribution in [3.8, 4) is 0 Å². The van der Waals surface area contributed by atoms with Gasteiger partial charge in [0.15, 0.2) is 0 Å². The van der Waals surface area contributed by atoms with E-state index in [1.807, 2.05) is 20.8 Å². The van der Waals surface area contributed by atoms with Crippen molar-refractivity contribution in [3.05, 3.63) is 18.2 Å². The molecule has 2 rings (SSSR count). The fourth-order valence-corrected chi connectivity index (χ4v) is 1.53. The molecule has 0 bridgehead atoms. The van der Waals surface area contributed by atoms with Gasteiger partial charge in [-0.15, -0.1) is 12.4 Å². The van der Waals surface area contributed by atoms with Crippen LogP contribution in [0.5, 0.6) is 0 Å². The summed E-state index contributed by atoms with van der Waals surface area (Å²) in [6, 6.07) is 4.76. The number of amides is 1. The first-order valence-corrected chi connectivity index (χ1v) is 5.75. The lowest BCUT2D eigenvalue weighted by Crippen LogP contribution is -2.45. The summed E-state index contributed by atoms with van der Waals surface area (Å²) in [5, 5.41) is 13.2. The molecule has 7 heteroatoms. The van der Waals surface area contributed by atoms with E-state index in [1.54, 1.807) is 18.2 Å². The van der Waals surface area contributed by atoms with Crippen LogP contribution in [-0.2, 0) is 4.79 Å². The van der Waals surface area contributed by atoms with Gasteiger partial charge in [-0.1, -0.05) is 20.8 Å². The fraction of sp³-hybridized carbons (Fsp3) is 0.417. The molecule has 0 unspecified atom stereocenters. The van der Waals surface area contributed by atoms with Crippen molar-refractivity contribution in [2.75, 3.05) is 5.32 Å². The van der Waals surface area contributed by atoms with Crippen molar-refractivity contribution in [1.82, 2.24) is 15.4 Å². The van der Waals surface area contributed by atoms with Crippen LogP contribution in [0.3, 0.4) is 0 Å². The average Bonchev–Trinajstić information content (AvgIpc) is 2.73. The molecule has 0 aliphatic heterocycles. The lowest BCUT2D eigenvalue weighted by molar-refractivity contribution is -0.119. The van der Waals surface area contributed by atoms with Gasteiger partial charge in [-0.2, -0.15) is 15.4 Å². The molecule has 0 fully saturated rings. The Morgan fingerprint density at radius 3 is 2.58 bits per heavy atom. The number of aromatic amines is 1. The monoisotopic (exact) mass is 283 g/mol. The zero-order valence-corrected chi connectivity index (χ0v) is 11.9. The highest BCUT2D eigenvalue weighted by atomic mass is 35.5. The Kier molecular flexibility index (Phi) is 4.49. The van der Waals surface area contributed by atoms with Crippen LogP contribution in [0, 0.1) is 5.41 Å². The van der Waals surface area contributed by atoms with E-state index in [2.05, 4.69) is 20.7 Å². The Morgan fingerprint density at radius 1 is 1.32 bits per heavy atom. The minimum absolute atomic E-state index is 0. The Labute approximate surface area is 117 Å². The van der Waals surface area contributed by atoms with Gasteiger partial charge >= 0.3 is 0 Å². The number of halogens is 1. The quantitative estimate of drug-likeness (QED) is 0.781. The first-order chi connectivity index (χ1) is 8.38. The second kappa shape index (κ2) is 5.54. The predicted octanol–water partition coefficient (Wildman–Crippen LogP) is 1.69. The number of benzene rings is 1. The Hall–Kier alpha value is -1.66. The molecule has 1 aromatic carbocycles. The van der Waals surface area contributed by atoms with Crippen LogP contribution in [-0.4, -0.2) is 27.4 Å². The third kappa shape index (κ3) is 3.42. The molecule has 0 saturated carbocycles. The summed E-state index contributed by atoms with van der Waals surface area (Å²) >= 11 is 0. The van der Waals surface area contributed by atoms with Gasteiger partial charge in [-0.25, -0.2) is 0 Å². The van der Waals surface area contributed by atoms with E-state index in [9.17, 15) is 4.79 Å². The molecule has 1 heterocycles. The van der Waals surface area contributed by atoms with Gasteiger partial charge < -0.3 is 11.1 Å². The maximum Gasteiger partial charge on any atom is 0.241 e. The van der Waals surface area contributed by atoms with Crippen LogP contribution in [0.15, 0.2) is 18.2 Å². The molecule has 19 heavy (non-hydrogen) atoms. The number of nitrogens with two attached hydrogens (primary N) is 1. The number of rotatable bonds is 2. The molecule has 0 radical (unpaired) electrons. The molecule has 104 valence electrons. The number of fused-ring (bicyclic) bond motifs is 1. The number of carbonyl (C=O) groups is 1. The number of aromatic nitrogens is 3. The summed E-state index contributed by atoms with van der Waals surface area (Å²) < 4.78 is 0. The number of H-pyrrole nitrogens is 1. The molecule has 1 aromatic heterocycles. The highest BCUT2D eigenvalue weighted by molar-refractivity contribution is 5.96. The first kappa shape index (κ1) is 15.4. The summed E-state index contributed by atoms with van der Waals surface area (Å²) in [5.41, 5.74) is 7.74. The minimum Gasteiger partial charge on any atom is -0.325 e. The summed E-state index contributed by atoms with van der Waals surface area (Å²) in [4.78, 5) is 12.0. The molecule has 0 aliphatic carbocycles. The molecule has 0 aliphatic rings. The zero-order valence-electron chi connectivity index (χ0n) is 11.1. The lowest BCUT2D eigenvalue weighted by atomic mass is 9.87. The van der Waals surface area contributed by atoms with Crippen molar-refractivity contribution in [2.24, 2.45) is 11.1 Å². The highest BCUT2D eigenvalue weighted by Gasteiger charge is 2.27. The van der Waals surface area contributed by atoms with Crippen LogP contribution in [0.25, 0.3) is 11.0 Å². The van der Waals surface area contributed by atoms with Crippen LogP contribution in [0.4, 0.5) is 5.69 Å². The van der Waals surface area contributed by atoms with E-state index >= 15 is 0 Å². The SMILES string of the molecule is CC(C)(C)[C@H](N)C(=O)Nc1ccc2n[nH]nc2c1.Cl. The standard InChI is InChI=1S/C12H17N5O.ClH/c1-12(2,3)10(13)11(18)14-7-4-5-8-9(6-7)16-17-15-8;/h4-6,10H,13H2,1-3H3,(H,14,18)(H,15,16,17);1H/t10-;/m1./s1.